The van der Waals surface area contributed by atoms with E-state index in [2.05, 4.69) is 15.9 Å². The average Bonchev–Trinajstić information content (AvgIpc) is 2.19. The molecule has 0 radical (unpaired) electrons. The molecule has 1 aliphatic rings. The van der Waals surface area contributed by atoms with E-state index in [1.165, 1.54) is 6.07 Å². The number of halogens is 2. The summed E-state index contributed by atoms with van der Waals surface area (Å²) in [6, 6.07) is 4.61. The van der Waals surface area contributed by atoms with Gasteiger partial charge in [0.2, 0.25) is 0 Å². The SMILES string of the molecule is OCC1(COc2ccc(Br)cc2F)COC1. The summed E-state index contributed by atoms with van der Waals surface area (Å²) in [6.07, 6.45) is 0. The lowest BCUT2D eigenvalue weighted by Gasteiger charge is -2.39. The molecule has 1 heterocycles. The van der Waals surface area contributed by atoms with Crippen molar-refractivity contribution < 1.29 is 19.0 Å². The molecule has 1 N–H and O–H groups in total. The van der Waals surface area contributed by atoms with E-state index >= 15 is 0 Å². The lowest BCUT2D eigenvalue weighted by molar-refractivity contribution is -0.153. The molecule has 5 heteroatoms. The minimum Gasteiger partial charge on any atom is -0.490 e. The van der Waals surface area contributed by atoms with Crippen molar-refractivity contribution in [3.8, 4) is 5.75 Å². The molecule has 0 saturated carbocycles. The van der Waals surface area contributed by atoms with Crippen molar-refractivity contribution in [1.82, 2.24) is 0 Å². The summed E-state index contributed by atoms with van der Waals surface area (Å²) in [5, 5.41) is 9.17. The predicted octanol–water partition coefficient (Wildman–Crippen LogP) is 1.98. The highest BCUT2D eigenvalue weighted by atomic mass is 79.9. The Balaban J connectivity index is 1.99. The van der Waals surface area contributed by atoms with Gasteiger partial charge in [-0.05, 0) is 18.2 Å². The van der Waals surface area contributed by atoms with E-state index in [4.69, 9.17) is 14.6 Å². The van der Waals surface area contributed by atoms with Crippen molar-refractivity contribution in [1.29, 1.82) is 0 Å². The van der Waals surface area contributed by atoms with E-state index in [1.54, 1.807) is 12.1 Å². The second-order valence-corrected chi connectivity index (χ2v) is 4.93. The molecule has 2 rings (SSSR count). The molecule has 0 amide bonds. The van der Waals surface area contributed by atoms with E-state index in [0.717, 1.165) is 0 Å². The Bertz CT molecular complexity index is 374. The van der Waals surface area contributed by atoms with Crippen LogP contribution in [0.4, 0.5) is 4.39 Å². The van der Waals surface area contributed by atoms with Gasteiger partial charge in [0.15, 0.2) is 11.6 Å². The third kappa shape index (κ3) is 2.36. The van der Waals surface area contributed by atoms with E-state index in [-0.39, 0.29) is 24.4 Å². The van der Waals surface area contributed by atoms with Crippen LogP contribution in [0.3, 0.4) is 0 Å². The molecule has 1 aliphatic heterocycles. The molecule has 0 aromatic heterocycles. The minimum absolute atomic E-state index is 0.00878. The fraction of sp³-hybridized carbons (Fsp3) is 0.455. The number of benzene rings is 1. The van der Waals surface area contributed by atoms with Crippen LogP contribution in [-0.2, 0) is 4.74 Å². The van der Waals surface area contributed by atoms with E-state index in [9.17, 15) is 4.39 Å². The molecule has 0 spiro atoms. The van der Waals surface area contributed by atoms with Gasteiger partial charge in [-0.1, -0.05) is 15.9 Å². The van der Waals surface area contributed by atoms with Crippen LogP contribution in [0.2, 0.25) is 0 Å². The quantitative estimate of drug-likeness (QED) is 0.922. The largest absolute Gasteiger partial charge is 0.490 e. The zero-order chi connectivity index (χ0) is 11.6. The maximum atomic E-state index is 13.4. The normalized spacial score (nSPS) is 17.9. The van der Waals surface area contributed by atoms with Gasteiger partial charge >= 0.3 is 0 Å². The van der Waals surface area contributed by atoms with Gasteiger partial charge in [0.05, 0.1) is 25.2 Å². The summed E-state index contributed by atoms with van der Waals surface area (Å²) in [6.45, 7) is 1.18. The van der Waals surface area contributed by atoms with Crippen LogP contribution in [0.5, 0.6) is 5.75 Å². The van der Waals surface area contributed by atoms with Gasteiger partial charge in [0.1, 0.15) is 6.61 Å². The fourth-order valence-electron chi connectivity index (χ4n) is 1.43. The molecular formula is C11H12BrFO3. The number of aliphatic hydroxyl groups is 1. The number of rotatable bonds is 4. The van der Waals surface area contributed by atoms with Gasteiger partial charge in [-0.3, -0.25) is 0 Å². The van der Waals surface area contributed by atoms with E-state index in [1.807, 2.05) is 0 Å². The Morgan fingerprint density at radius 1 is 1.50 bits per heavy atom. The molecule has 3 nitrogen and oxygen atoms in total. The standard InChI is InChI=1S/C11H12BrFO3/c12-8-1-2-10(9(13)3-8)16-7-11(4-14)5-15-6-11/h1-3,14H,4-7H2. The number of hydrogen-bond acceptors (Lipinski definition) is 3. The first-order chi connectivity index (χ1) is 7.65. The Labute approximate surface area is 101 Å². The van der Waals surface area contributed by atoms with Crippen molar-refractivity contribution in [3.05, 3.63) is 28.5 Å². The van der Waals surface area contributed by atoms with Crippen molar-refractivity contribution in [2.45, 2.75) is 0 Å². The topological polar surface area (TPSA) is 38.7 Å². The first kappa shape index (κ1) is 11.8. The zero-order valence-corrected chi connectivity index (χ0v) is 10.2. The highest BCUT2D eigenvalue weighted by Crippen LogP contribution is 2.29. The Hall–Kier alpha value is -0.650. The number of hydrogen-bond donors (Lipinski definition) is 1. The molecule has 0 aliphatic carbocycles. The second kappa shape index (κ2) is 4.69. The summed E-state index contributed by atoms with van der Waals surface area (Å²) in [7, 11) is 0. The second-order valence-electron chi connectivity index (χ2n) is 4.01. The fourth-order valence-corrected chi connectivity index (χ4v) is 1.77. The number of aliphatic hydroxyl groups excluding tert-OH is 1. The van der Waals surface area contributed by atoms with Crippen molar-refractivity contribution in [3.63, 3.8) is 0 Å². The van der Waals surface area contributed by atoms with Crippen LogP contribution >= 0.6 is 15.9 Å². The van der Waals surface area contributed by atoms with Crippen LogP contribution in [0.1, 0.15) is 0 Å². The Morgan fingerprint density at radius 3 is 2.75 bits per heavy atom. The van der Waals surface area contributed by atoms with Gasteiger partial charge in [0.25, 0.3) is 0 Å². The van der Waals surface area contributed by atoms with Crippen molar-refractivity contribution in [2.75, 3.05) is 26.4 Å². The molecule has 0 bridgehead atoms. The van der Waals surface area contributed by atoms with Gasteiger partial charge in [0, 0.05) is 4.47 Å². The smallest absolute Gasteiger partial charge is 0.166 e. The first-order valence-electron chi connectivity index (χ1n) is 4.92. The maximum Gasteiger partial charge on any atom is 0.166 e. The average molecular weight is 291 g/mol. The van der Waals surface area contributed by atoms with E-state index in [0.29, 0.717) is 17.7 Å². The lowest BCUT2D eigenvalue weighted by atomic mass is 9.88. The maximum absolute atomic E-state index is 13.4. The Morgan fingerprint density at radius 2 is 2.25 bits per heavy atom. The number of ether oxygens (including phenoxy) is 2. The molecule has 1 saturated heterocycles. The molecule has 0 atom stereocenters. The summed E-state index contributed by atoms with van der Waals surface area (Å²) >= 11 is 3.17. The molecule has 1 aromatic carbocycles. The van der Waals surface area contributed by atoms with Crippen LogP contribution in [0, 0.1) is 11.2 Å². The van der Waals surface area contributed by atoms with Gasteiger partial charge in [-0.15, -0.1) is 0 Å². The highest BCUT2D eigenvalue weighted by molar-refractivity contribution is 9.10. The van der Waals surface area contributed by atoms with Gasteiger partial charge in [-0.2, -0.15) is 0 Å². The van der Waals surface area contributed by atoms with Crippen LogP contribution in [0.25, 0.3) is 0 Å². The third-order valence-corrected chi connectivity index (χ3v) is 3.07. The molecule has 1 fully saturated rings. The summed E-state index contributed by atoms with van der Waals surface area (Å²) in [4.78, 5) is 0. The third-order valence-electron chi connectivity index (χ3n) is 2.58. The van der Waals surface area contributed by atoms with Crippen LogP contribution in [-0.4, -0.2) is 31.5 Å². The van der Waals surface area contributed by atoms with Crippen LogP contribution in [0.15, 0.2) is 22.7 Å². The summed E-state index contributed by atoms with van der Waals surface area (Å²) in [5.41, 5.74) is -0.362. The summed E-state index contributed by atoms with van der Waals surface area (Å²) < 4.78 is 24.5. The van der Waals surface area contributed by atoms with Crippen molar-refractivity contribution >= 4 is 15.9 Å². The van der Waals surface area contributed by atoms with E-state index < -0.39 is 5.82 Å². The monoisotopic (exact) mass is 290 g/mol. The highest BCUT2D eigenvalue weighted by Gasteiger charge is 2.39. The molecule has 1 aromatic rings. The predicted molar refractivity (Wildman–Crippen MR) is 59.9 cm³/mol. The first-order valence-corrected chi connectivity index (χ1v) is 5.71. The zero-order valence-electron chi connectivity index (χ0n) is 8.58. The molecule has 88 valence electrons. The van der Waals surface area contributed by atoms with Crippen LogP contribution < -0.4 is 4.74 Å². The van der Waals surface area contributed by atoms with Gasteiger partial charge in [-0.25, -0.2) is 4.39 Å². The minimum atomic E-state index is -0.414. The van der Waals surface area contributed by atoms with Crippen molar-refractivity contribution in [2.24, 2.45) is 5.41 Å². The molecule has 0 unspecified atom stereocenters. The molecule has 16 heavy (non-hydrogen) atoms. The molecular weight excluding hydrogens is 279 g/mol. The van der Waals surface area contributed by atoms with Gasteiger partial charge < -0.3 is 14.6 Å². The Kier molecular flexibility index (Phi) is 3.47. The lowest BCUT2D eigenvalue weighted by Crippen LogP contribution is -2.50. The summed E-state index contributed by atoms with van der Waals surface area (Å²) in [5.74, 6) is -0.217.